The Morgan fingerprint density at radius 3 is 1.93 bits per heavy atom. The van der Waals surface area contributed by atoms with Crippen LogP contribution in [0.1, 0.15) is 147 Å². The maximum atomic E-state index is 13.0. The van der Waals surface area contributed by atoms with E-state index in [9.17, 15) is 15.2 Å². The minimum absolute atomic E-state index is 0.0149. The lowest BCUT2D eigenvalue weighted by Gasteiger charge is -2.17. The molecule has 0 aliphatic rings. The van der Waals surface area contributed by atoms with Crippen LogP contribution in [0, 0.1) is 24.2 Å². The van der Waals surface area contributed by atoms with Crippen molar-refractivity contribution in [3.8, 4) is 11.9 Å². The van der Waals surface area contributed by atoms with Gasteiger partial charge in [0.2, 0.25) is 5.88 Å². The predicted octanol–water partition coefficient (Wildman–Crippen LogP) is 11.0. The van der Waals surface area contributed by atoms with Crippen LogP contribution >= 0.6 is 0 Å². The van der Waals surface area contributed by atoms with Gasteiger partial charge < -0.3 is 5.11 Å². The maximum absolute atomic E-state index is 13.0. The third kappa shape index (κ3) is 12.1. The van der Waals surface area contributed by atoms with Gasteiger partial charge in [-0.15, -0.1) is 5.11 Å². The minimum atomic E-state index is -0.459. The molecule has 0 aliphatic carbocycles. The molecule has 1 aromatic heterocycles. The number of unbranched alkanes of at least 4 members (excludes halogenated alkanes) is 12. The van der Waals surface area contributed by atoms with E-state index in [1.165, 1.54) is 87.2 Å². The number of aromatic nitrogens is 1. The van der Waals surface area contributed by atoms with E-state index in [0.717, 1.165) is 38.5 Å². The molecule has 1 aromatic carbocycles. The van der Waals surface area contributed by atoms with Gasteiger partial charge >= 0.3 is 0 Å². The molecule has 2 rings (SSSR count). The van der Waals surface area contributed by atoms with Crippen molar-refractivity contribution in [2.24, 2.45) is 16.1 Å². The van der Waals surface area contributed by atoms with E-state index in [4.69, 9.17) is 0 Å². The lowest BCUT2D eigenvalue weighted by atomic mass is 9.96. The zero-order valence-corrected chi connectivity index (χ0v) is 27.0. The number of aromatic hydroxyl groups is 1. The van der Waals surface area contributed by atoms with Gasteiger partial charge in [-0.2, -0.15) is 10.4 Å². The molecule has 2 aromatic rings. The Balaban J connectivity index is 1.89. The molecule has 0 fully saturated rings. The molecule has 1 unspecified atom stereocenters. The standard InChI is InChI=1S/C36H56N4O2/c1-5-8-10-11-12-13-14-15-16-17-18-19-21-31-22-24-32(25-23-31)38-39-34-29(4)33(28-37)35(41)40(36(34)42)27-26-30(7-3)20-9-6-2/h22-25,30,42H,5-21,26-27H2,1-4H3/b39-38+. The van der Waals surface area contributed by atoms with Crippen molar-refractivity contribution in [3.05, 3.63) is 51.3 Å². The summed E-state index contributed by atoms with van der Waals surface area (Å²) < 4.78 is 1.30. The van der Waals surface area contributed by atoms with E-state index >= 15 is 0 Å². The van der Waals surface area contributed by atoms with Crippen LogP contribution in [-0.4, -0.2) is 9.67 Å². The molecule has 1 heterocycles. The lowest BCUT2D eigenvalue weighted by molar-refractivity contribution is 0.358. The normalized spacial score (nSPS) is 12.2. The van der Waals surface area contributed by atoms with Gasteiger partial charge in [-0.1, -0.05) is 129 Å². The van der Waals surface area contributed by atoms with Crippen molar-refractivity contribution in [3.63, 3.8) is 0 Å². The van der Waals surface area contributed by atoms with E-state index in [0.29, 0.717) is 23.7 Å². The second-order valence-corrected chi connectivity index (χ2v) is 12.0. The number of hydrogen-bond donors (Lipinski definition) is 1. The van der Waals surface area contributed by atoms with Crippen molar-refractivity contribution in [2.75, 3.05) is 0 Å². The number of benzene rings is 1. The summed E-state index contributed by atoms with van der Waals surface area (Å²) in [6.45, 7) is 8.60. The van der Waals surface area contributed by atoms with Crippen LogP contribution in [0.2, 0.25) is 0 Å². The third-order valence-corrected chi connectivity index (χ3v) is 8.59. The zero-order chi connectivity index (χ0) is 30.6. The van der Waals surface area contributed by atoms with E-state index in [1.54, 1.807) is 6.92 Å². The fourth-order valence-electron chi connectivity index (χ4n) is 5.63. The highest BCUT2D eigenvalue weighted by Gasteiger charge is 2.20. The Morgan fingerprint density at radius 2 is 1.38 bits per heavy atom. The summed E-state index contributed by atoms with van der Waals surface area (Å²) in [4.78, 5) is 13.0. The van der Waals surface area contributed by atoms with Gasteiger partial charge in [0.25, 0.3) is 5.56 Å². The van der Waals surface area contributed by atoms with Gasteiger partial charge in [-0.3, -0.25) is 9.36 Å². The number of nitrogens with zero attached hydrogens (tertiary/aromatic N) is 4. The summed E-state index contributed by atoms with van der Waals surface area (Å²) in [5.74, 6) is 0.260. The van der Waals surface area contributed by atoms with Crippen molar-refractivity contribution >= 4 is 11.4 Å². The van der Waals surface area contributed by atoms with Gasteiger partial charge in [-0.25, -0.2) is 0 Å². The summed E-state index contributed by atoms with van der Waals surface area (Å²) in [5, 5.41) is 29.3. The summed E-state index contributed by atoms with van der Waals surface area (Å²) in [6, 6.07) is 10.1. The Hall–Kier alpha value is -2.94. The molecule has 1 N–H and O–H groups in total. The first-order valence-electron chi connectivity index (χ1n) is 16.8. The summed E-state index contributed by atoms with van der Waals surface area (Å²) >= 11 is 0. The van der Waals surface area contributed by atoms with Crippen LogP contribution in [0.15, 0.2) is 39.3 Å². The molecule has 0 radical (unpaired) electrons. The van der Waals surface area contributed by atoms with Gasteiger partial charge in [0.1, 0.15) is 11.6 Å². The van der Waals surface area contributed by atoms with Crippen molar-refractivity contribution < 1.29 is 5.11 Å². The van der Waals surface area contributed by atoms with Gasteiger partial charge in [0, 0.05) is 12.1 Å². The molecule has 0 saturated heterocycles. The molecular formula is C36H56N4O2. The number of rotatable bonds is 22. The van der Waals surface area contributed by atoms with Crippen LogP contribution in [-0.2, 0) is 13.0 Å². The molecular weight excluding hydrogens is 520 g/mol. The highest BCUT2D eigenvalue weighted by Crippen LogP contribution is 2.33. The van der Waals surface area contributed by atoms with Gasteiger partial charge in [-0.05, 0) is 49.8 Å². The number of pyridine rings is 1. The molecule has 232 valence electrons. The fraction of sp³-hybridized carbons (Fsp3) is 0.667. The Morgan fingerprint density at radius 1 is 0.810 bits per heavy atom. The SMILES string of the molecule is CCCCCCCCCCCCCCc1ccc(/N=N/c2c(C)c(C#N)c(=O)n(CCC(CC)CCCC)c2O)cc1. The molecule has 0 bridgehead atoms. The molecule has 0 saturated carbocycles. The molecule has 6 heteroatoms. The highest BCUT2D eigenvalue weighted by molar-refractivity contribution is 5.59. The third-order valence-electron chi connectivity index (χ3n) is 8.59. The number of nitriles is 1. The first-order chi connectivity index (χ1) is 20.5. The second kappa shape index (κ2) is 20.9. The molecule has 0 amide bonds. The fourth-order valence-corrected chi connectivity index (χ4v) is 5.63. The zero-order valence-electron chi connectivity index (χ0n) is 27.0. The summed E-state index contributed by atoms with van der Waals surface area (Å²) in [7, 11) is 0. The van der Waals surface area contributed by atoms with Gasteiger partial charge in [0.15, 0.2) is 5.69 Å². The number of aryl methyl sites for hydroxylation is 1. The van der Waals surface area contributed by atoms with Crippen LogP contribution in [0.5, 0.6) is 5.88 Å². The minimum Gasteiger partial charge on any atom is -0.493 e. The monoisotopic (exact) mass is 576 g/mol. The summed E-state index contributed by atoms with van der Waals surface area (Å²) in [5.41, 5.74) is 2.07. The van der Waals surface area contributed by atoms with Gasteiger partial charge in [0.05, 0.1) is 5.69 Å². The smallest absolute Gasteiger partial charge is 0.271 e. The summed E-state index contributed by atoms with van der Waals surface area (Å²) in [6.07, 6.45) is 22.4. The van der Waals surface area contributed by atoms with Crippen LogP contribution in [0.4, 0.5) is 11.4 Å². The molecule has 0 aliphatic heterocycles. The largest absolute Gasteiger partial charge is 0.493 e. The van der Waals surface area contributed by atoms with Crippen LogP contribution < -0.4 is 5.56 Å². The molecule has 1 atom stereocenters. The topological polar surface area (TPSA) is 90.7 Å². The van der Waals surface area contributed by atoms with E-state index in [-0.39, 0.29) is 17.1 Å². The number of azo groups is 1. The predicted molar refractivity (Wildman–Crippen MR) is 175 cm³/mol. The quantitative estimate of drug-likeness (QED) is 0.112. The highest BCUT2D eigenvalue weighted by atomic mass is 16.3. The van der Waals surface area contributed by atoms with E-state index in [1.807, 2.05) is 18.2 Å². The van der Waals surface area contributed by atoms with Crippen molar-refractivity contribution in [2.45, 2.75) is 150 Å². The first kappa shape index (κ1) is 35.3. The molecule has 42 heavy (non-hydrogen) atoms. The van der Waals surface area contributed by atoms with Crippen molar-refractivity contribution in [1.29, 1.82) is 5.26 Å². The second-order valence-electron chi connectivity index (χ2n) is 12.0. The molecule has 0 spiro atoms. The van der Waals surface area contributed by atoms with Crippen LogP contribution in [0.25, 0.3) is 0 Å². The van der Waals surface area contributed by atoms with E-state index < -0.39 is 5.56 Å². The van der Waals surface area contributed by atoms with Crippen LogP contribution in [0.3, 0.4) is 0 Å². The number of hydrogen-bond acceptors (Lipinski definition) is 5. The van der Waals surface area contributed by atoms with Crippen molar-refractivity contribution in [1.82, 2.24) is 4.57 Å². The average molecular weight is 577 g/mol. The average Bonchev–Trinajstić information content (AvgIpc) is 3.00. The lowest BCUT2D eigenvalue weighted by Crippen LogP contribution is -2.25. The Bertz CT molecular complexity index is 1160. The Kier molecular flexibility index (Phi) is 17.5. The maximum Gasteiger partial charge on any atom is 0.271 e. The Labute approximate surface area is 255 Å². The van der Waals surface area contributed by atoms with E-state index in [2.05, 4.69) is 43.1 Å². The molecule has 6 nitrogen and oxygen atoms in total. The first-order valence-corrected chi connectivity index (χ1v) is 16.8.